The van der Waals surface area contributed by atoms with Gasteiger partial charge in [0.05, 0.1) is 19.4 Å². The molecule has 1 aromatic rings. The first-order valence-corrected chi connectivity index (χ1v) is 5.22. The lowest BCUT2D eigenvalue weighted by Gasteiger charge is -2.03. The average molecular weight is 197 g/mol. The molecule has 0 spiro atoms. The third kappa shape index (κ3) is 3.52. The van der Waals surface area contributed by atoms with Gasteiger partial charge in [-0.2, -0.15) is 0 Å². The Hall–Kier alpha value is -0.800. The second-order valence-corrected chi connectivity index (χ2v) is 3.20. The van der Waals surface area contributed by atoms with Crippen molar-refractivity contribution < 1.29 is 9.15 Å². The molecule has 0 saturated carbocycles. The highest BCUT2D eigenvalue weighted by molar-refractivity contribution is 5.15. The molecule has 1 N–H and O–H groups in total. The number of nitrogens with one attached hydrogen (secondary N) is 1. The van der Waals surface area contributed by atoms with Gasteiger partial charge in [-0.1, -0.05) is 13.8 Å². The molecule has 0 unspecified atom stereocenters. The fraction of sp³-hybridized carbons (Fsp3) is 0.636. The lowest BCUT2D eigenvalue weighted by molar-refractivity contribution is 0.120. The molecule has 3 nitrogen and oxygen atoms in total. The zero-order chi connectivity index (χ0) is 10.2. The summed E-state index contributed by atoms with van der Waals surface area (Å²) in [5.41, 5.74) is 1.15. The van der Waals surface area contributed by atoms with Gasteiger partial charge in [0.2, 0.25) is 0 Å². The van der Waals surface area contributed by atoms with Crippen LogP contribution >= 0.6 is 0 Å². The van der Waals surface area contributed by atoms with Crippen molar-refractivity contribution in [3.8, 4) is 0 Å². The van der Waals surface area contributed by atoms with E-state index in [1.165, 1.54) is 0 Å². The highest BCUT2D eigenvalue weighted by Gasteiger charge is 2.04. The third-order valence-electron chi connectivity index (χ3n) is 1.98. The monoisotopic (exact) mass is 197 g/mol. The standard InChI is InChI=1S/C11H19NO2/c1-3-6-13-9-10-5-7-14-11(10)8-12-4-2/h5,7,12H,3-4,6,8-9H2,1-2H3. The maximum Gasteiger partial charge on any atom is 0.123 e. The molecule has 0 aromatic carbocycles. The molecule has 0 amide bonds. The second kappa shape index (κ2) is 6.62. The van der Waals surface area contributed by atoms with E-state index >= 15 is 0 Å². The Morgan fingerprint density at radius 3 is 3.00 bits per heavy atom. The Balaban J connectivity index is 2.37. The van der Waals surface area contributed by atoms with Crippen LogP contribution in [-0.4, -0.2) is 13.2 Å². The Morgan fingerprint density at radius 1 is 1.43 bits per heavy atom. The number of hydrogen-bond acceptors (Lipinski definition) is 3. The van der Waals surface area contributed by atoms with Crippen LogP contribution in [0.15, 0.2) is 16.7 Å². The summed E-state index contributed by atoms with van der Waals surface area (Å²) in [6, 6.07) is 1.97. The summed E-state index contributed by atoms with van der Waals surface area (Å²) in [5.74, 6) is 0.989. The summed E-state index contributed by atoms with van der Waals surface area (Å²) in [5, 5.41) is 3.23. The van der Waals surface area contributed by atoms with Crippen molar-refractivity contribution in [3.63, 3.8) is 0 Å². The lowest BCUT2D eigenvalue weighted by Crippen LogP contribution is -2.12. The van der Waals surface area contributed by atoms with Gasteiger partial charge in [-0.05, 0) is 19.0 Å². The van der Waals surface area contributed by atoms with Gasteiger partial charge in [-0.3, -0.25) is 0 Å². The van der Waals surface area contributed by atoms with E-state index < -0.39 is 0 Å². The minimum absolute atomic E-state index is 0.658. The number of hydrogen-bond donors (Lipinski definition) is 1. The van der Waals surface area contributed by atoms with Crippen LogP contribution in [0.5, 0.6) is 0 Å². The zero-order valence-electron chi connectivity index (χ0n) is 9.01. The molecule has 14 heavy (non-hydrogen) atoms. The van der Waals surface area contributed by atoms with Gasteiger partial charge in [0.1, 0.15) is 5.76 Å². The molecule has 0 aliphatic rings. The molecule has 0 saturated heterocycles. The van der Waals surface area contributed by atoms with E-state index in [2.05, 4.69) is 19.2 Å². The first-order chi connectivity index (χ1) is 6.88. The van der Waals surface area contributed by atoms with Crippen LogP contribution in [0.4, 0.5) is 0 Å². The van der Waals surface area contributed by atoms with Crippen LogP contribution < -0.4 is 5.32 Å². The van der Waals surface area contributed by atoms with E-state index in [4.69, 9.17) is 9.15 Å². The molecule has 1 heterocycles. The molecule has 0 aliphatic heterocycles. The Bertz CT molecular complexity index is 245. The quantitative estimate of drug-likeness (QED) is 0.681. The summed E-state index contributed by atoms with van der Waals surface area (Å²) in [4.78, 5) is 0. The van der Waals surface area contributed by atoms with Crippen molar-refractivity contribution in [2.45, 2.75) is 33.4 Å². The minimum atomic E-state index is 0.658. The molecule has 3 heteroatoms. The number of ether oxygens (including phenoxy) is 1. The molecule has 0 bridgehead atoms. The predicted octanol–water partition coefficient (Wildman–Crippen LogP) is 2.32. The van der Waals surface area contributed by atoms with Crippen LogP contribution in [0, 0.1) is 0 Å². The molecule has 80 valence electrons. The van der Waals surface area contributed by atoms with Crippen molar-refractivity contribution in [1.82, 2.24) is 5.32 Å². The van der Waals surface area contributed by atoms with Gasteiger partial charge in [0, 0.05) is 12.2 Å². The highest BCUT2D eigenvalue weighted by atomic mass is 16.5. The summed E-state index contributed by atoms with van der Waals surface area (Å²) in [6.07, 6.45) is 2.78. The highest BCUT2D eigenvalue weighted by Crippen LogP contribution is 2.11. The van der Waals surface area contributed by atoms with Crippen molar-refractivity contribution in [2.75, 3.05) is 13.2 Å². The molecular weight excluding hydrogens is 178 g/mol. The lowest BCUT2D eigenvalue weighted by atomic mass is 10.2. The number of rotatable bonds is 7. The first-order valence-electron chi connectivity index (χ1n) is 5.22. The van der Waals surface area contributed by atoms with Crippen molar-refractivity contribution in [2.24, 2.45) is 0 Å². The Labute approximate surface area is 85.4 Å². The van der Waals surface area contributed by atoms with E-state index in [0.717, 1.165) is 37.4 Å². The molecule has 0 aliphatic carbocycles. The number of furan rings is 1. The second-order valence-electron chi connectivity index (χ2n) is 3.20. The SMILES string of the molecule is CCCOCc1ccoc1CNCC. The Kier molecular flexibility index (Phi) is 5.33. The van der Waals surface area contributed by atoms with Crippen molar-refractivity contribution >= 4 is 0 Å². The first kappa shape index (κ1) is 11.3. The minimum Gasteiger partial charge on any atom is -0.468 e. The largest absolute Gasteiger partial charge is 0.468 e. The average Bonchev–Trinajstić information content (AvgIpc) is 2.63. The van der Waals surface area contributed by atoms with Gasteiger partial charge in [-0.25, -0.2) is 0 Å². The van der Waals surface area contributed by atoms with Crippen LogP contribution in [0.1, 0.15) is 31.6 Å². The van der Waals surface area contributed by atoms with Crippen molar-refractivity contribution in [3.05, 3.63) is 23.7 Å². The van der Waals surface area contributed by atoms with Gasteiger partial charge in [0.25, 0.3) is 0 Å². The van der Waals surface area contributed by atoms with E-state index in [-0.39, 0.29) is 0 Å². The molecule has 1 rings (SSSR count). The fourth-order valence-corrected chi connectivity index (χ4v) is 1.22. The van der Waals surface area contributed by atoms with Gasteiger partial charge in [0.15, 0.2) is 0 Å². The maximum absolute atomic E-state index is 5.46. The van der Waals surface area contributed by atoms with Crippen LogP contribution in [-0.2, 0) is 17.9 Å². The van der Waals surface area contributed by atoms with Crippen LogP contribution in [0.2, 0.25) is 0 Å². The van der Waals surface area contributed by atoms with E-state index in [9.17, 15) is 0 Å². The normalized spacial score (nSPS) is 10.7. The smallest absolute Gasteiger partial charge is 0.123 e. The van der Waals surface area contributed by atoms with Crippen LogP contribution in [0.3, 0.4) is 0 Å². The van der Waals surface area contributed by atoms with Gasteiger partial charge in [-0.15, -0.1) is 0 Å². The van der Waals surface area contributed by atoms with E-state index in [0.29, 0.717) is 6.61 Å². The van der Waals surface area contributed by atoms with Gasteiger partial charge < -0.3 is 14.5 Å². The fourth-order valence-electron chi connectivity index (χ4n) is 1.22. The predicted molar refractivity (Wildman–Crippen MR) is 56.0 cm³/mol. The summed E-state index contributed by atoms with van der Waals surface area (Å²) in [6.45, 7) is 7.40. The molecule has 1 aromatic heterocycles. The molecule has 0 radical (unpaired) electrons. The van der Waals surface area contributed by atoms with Crippen molar-refractivity contribution in [1.29, 1.82) is 0 Å². The van der Waals surface area contributed by atoms with Crippen LogP contribution in [0.25, 0.3) is 0 Å². The maximum atomic E-state index is 5.46. The molecule has 0 atom stereocenters. The third-order valence-corrected chi connectivity index (χ3v) is 1.98. The molecule has 0 fully saturated rings. The zero-order valence-corrected chi connectivity index (χ0v) is 9.01. The topological polar surface area (TPSA) is 34.4 Å². The summed E-state index contributed by atoms with van der Waals surface area (Å²) < 4.78 is 10.8. The Morgan fingerprint density at radius 2 is 2.29 bits per heavy atom. The van der Waals surface area contributed by atoms with Gasteiger partial charge >= 0.3 is 0 Å². The van der Waals surface area contributed by atoms with E-state index in [1.54, 1.807) is 6.26 Å². The summed E-state index contributed by atoms with van der Waals surface area (Å²) >= 11 is 0. The van der Waals surface area contributed by atoms with E-state index in [1.807, 2.05) is 6.07 Å². The molecular formula is C11H19NO2. The summed E-state index contributed by atoms with van der Waals surface area (Å²) in [7, 11) is 0.